The van der Waals surface area contributed by atoms with Gasteiger partial charge in [0, 0.05) is 18.6 Å². The molecule has 0 aromatic rings. The SMILES string of the molecule is C[C@H](NC1CCCC1CNC(=O)OC(C)(C)C)C1CCCCC1. The van der Waals surface area contributed by atoms with Gasteiger partial charge in [-0.3, -0.25) is 0 Å². The summed E-state index contributed by atoms with van der Waals surface area (Å²) < 4.78 is 5.34. The van der Waals surface area contributed by atoms with Crippen molar-refractivity contribution in [3.05, 3.63) is 0 Å². The number of amides is 1. The summed E-state index contributed by atoms with van der Waals surface area (Å²) in [6.07, 6.45) is 10.4. The average Bonchev–Trinajstić information content (AvgIpc) is 2.91. The molecule has 2 rings (SSSR count). The fourth-order valence-corrected chi connectivity index (χ4v) is 4.14. The van der Waals surface area contributed by atoms with Crippen molar-refractivity contribution in [1.29, 1.82) is 0 Å². The molecular weight excluding hydrogens is 288 g/mol. The molecule has 0 spiro atoms. The zero-order chi connectivity index (χ0) is 16.9. The Hall–Kier alpha value is -0.770. The summed E-state index contributed by atoms with van der Waals surface area (Å²) in [6.45, 7) is 8.78. The molecule has 1 amide bonds. The van der Waals surface area contributed by atoms with E-state index in [1.54, 1.807) is 0 Å². The van der Waals surface area contributed by atoms with E-state index < -0.39 is 5.60 Å². The van der Waals surface area contributed by atoms with Crippen LogP contribution in [0.25, 0.3) is 0 Å². The molecule has 0 radical (unpaired) electrons. The standard InChI is InChI=1S/C19H36N2O2/c1-14(15-9-6-5-7-10-15)21-17-12-8-11-16(17)13-20-18(22)23-19(2,3)4/h14-17,21H,5-13H2,1-4H3,(H,20,22)/t14-,16?,17?/m0/s1. The Kier molecular flexibility index (Phi) is 6.75. The van der Waals surface area contributed by atoms with Gasteiger partial charge in [-0.15, -0.1) is 0 Å². The van der Waals surface area contributed by atoms with E-state index in [0.717, 1.165) is 12.5 Å². The van der Waals surface area contributed by atoms with Crippen molar-refractivity contribution in [1.82, 2.24) is 10.6 Å². The van der Waals surface area contributed by atoms with Crippen LogP contribution in [0.4, 0.5) is 4.79 Å². The van der Waals surface area contributed by atoms with Gasteiger partial charge in [0.25, 0.3) is 0 Å². The smallest absolute Gasteiger partial charge is 0.407 e. The van der Waals surface area contributed by atoms with E-state index in [9.17, 15) is 4.79 Å². The first-order valence-corrected chi connectivity index (χ1v) is 9.58. The van der Waals surface area contributed by atoms with Crippen LogP contribution >= 0.6 is 0 Å². The molecule has 0 aliphatic heterocycles. The minimum absolute atomic E-state index is 0.288. The molecular formula is C19H36N2O2. The molecule has 2 unspecified atom stereocenters. The van der Waals surface area contributed by atoms with Gasteiger partial charge < -0.3 is 15.4 Å². The molecule has 0 bridgehead atoms. The molecule has 2 aliphatic carbocycles. The van der Waals surface area contributed by atoms with E-state index in [-0.39, 0.29) is 6.09 Å². The second-order valence-electron chi connectivity index (χ2n) is 8.53. The van der Waals surface area contributed by atoms with Crippen LogP contribution in [-0.2, 0) is 4.74 Å². The molecule has 134 valence electrons. The maximum atomic E-state index is 11.8. The average molecular weight is 325 g/mol. The predicted molar refractivity (Wildman–Crippen MR) is 94.5 cm³/mol. The van der Waals surface area contributed by atoms with Gasteiger partial charge in [-0.25, -0.2) is 4.79 Å². The minimum atomic E-state index is -0.424. The van der Waals surface area contributed by atoms with Gasteiger partial charge in [0.1, 0.15) is 5.60 Å². The van der Waals surface area contributed by atoms with Gasteiger partial charge in [0.2, 0.25) is 0 Å². The highest BCUT2D eigenvalue weighted by molar-refractivity contribution is 5.67. The van der Waals surface area contributed by atoms with Crippen LogP contribution in [0.1, 0.15) is 79.1 Å². The lowest BCUT2D eigenvalue weighted by Crippen LogP contribution is -2.46. The van der Waals surface area contributed by atoms with Crippen molar-refractivity contribution in [2.45, 2.75) is 96.7 Å². The molecule has 2 N–H and O–H groups in total. The Morgan fingerprint density at radius 1 is 1.09 bits per heavy atom. The van der Waals surface area contributed by atoms with Crippen molar-refractivity contribution >= 4 is 6.09 Å². The second kappa shape index (κ2) is 8.36. The molecule has 2 saturated carbocycles. The Balaban J connectivity index is 1.75. The Morgan fingerprint density at radius 3 is 2.43 bits per heavy atom. The predicted octanol–water partition coefficient (Wildman–Crippen LogP) is 4.24. The summed E-state index contributed by atoms with van der Waals surface area (Å²) in [5, 5.41) is 6.84. The molecule has 0 heterocycles. The first kappa shape index (κ1) is 18.6. The highest BCUT2D eigenvalue weighted by atomic mass is 16.6. The lowest BCUT2D eigenvalue weighted by Gasteiger charge is -2.32. The number of hydrogen-bond acceptors (Lipinski definition) is 3. The van der Waals surface area contributed by atoms with Gasteiger partial charge in [-0.05, 0) is 65.2 Å². The summed E-state index contributed by atoms with van der Waals surface area (Å²) in [5.74, 6) is 1.37. The summed E-state index contributed by atoms with van der Waals surface area (Å²) in [4.78, 5) is 11.8. The molecule has 0 aromatic carbocycles. The first-order chi connectivity index (χ1) is 10.8. The molecule has 3 atom stereocenters. The van der Waals surface area contributed by atoms with Crippen LogP contribution in [0.5, 0.6) is 0 Å². The van der Waals surface area contributed by atoms with Crippen molar-refractivity contribution in [3.63, 3.8) is 0 Å². The second-order valence-corrected chi connectivity index (χ2v) is 8.53. The molecule has 0 saturated heterocycles. The maximum Gasteiger partial charge on any atom is 0.407 e. The first-order valence-electron chi connectivity index (χ1n) is 9.58. The Labute approximate surface area is 142 Å². The molecule has 4 heteroatoms. The van der Waals surface area contributed by atoms with E-state index in [4.69, 9.17) is 4.74 Å². The number of ether oxygens (including phenoxy) is 1. The lowest BCUT2D eigenvalue weighted by atomic mass is 9.84. The normalized spacial score (nSPS) is 27.7. The summed E-state index contributed by atoms with van der Waals surface area (Å²) in [6, 6.07) is 1.14. The maximum absolute atomic E-state index is 11.8. The van der Waals surface area contributed by atoms with E-state index in [0.29, 0.717) is 18.0 Å². The zero-order valence-corrected chi connectivity index (χ0v) is 15.5. The van der Waals surface area contributed by atoms with Crippen molar-refractivity contribution in [2.75, 3.05) is 6.54 Å². The monoisotopic (exact) mass is 324 g/mol. The molecule has 2 fully saturated rings. The fraction of sp³-hybridized carbons (Fsp3) is 0.947. The van der Waals surface area contributed by atoms with E-state index in [2.05, 4.69) is 17.6 Å². The third kappa shape index (κ3) is 6.33. The van der Waals surface area contributed by atoms with E-state index in [1.807, 2.05) is 20.8 Å². The fourth-order valence-electron chi connectivity index (χ4n) is 4.14. The topological polar surface area (TPSA) is 50.4 Å². The van der Waals surface area contributed by atoms with Gasteiger partial charge in [-0.2, -0.15) is 0 Å². The van der Waals surface area contributed by atoms with Crippen LogP contribution in [0.15, 0.2) is 0 Å². The van der Waals surface area contributed by atoms with E-state index >= 15 is 0 Å². The van der Waals surface area contributed by atoms with Crippen molar-refractivity contribution in [3.8, 4) is 0 Å². The Bertz CT molecular complexity index is 372. The van der Waals surface area contributed by atoms with Gasteiger partial charge >= 0.3 is 6.09 Å². The van der Waals surface area contributed by atoms with Gasteiger partial charge in [0.15, 0.2) is 0 Å². The molecule has 4 nitrogen and oxygen atoms in total. The number of alkyl carbamates (subject to hydrolysis) is 1. The summed E-state index contributed by atoms with van der Waals surface area (Å²) in [7, 11) is 0. The minimum Gasteiger partial charge on any atom is -0.444 e. The number of rotatable bonds is 5. The molecule has 2 aliphatic rings. The van der Waals surface area contributed by atoms with E-state index in [1.165, 1.54) is 51.4 Å². The largest absolute Gasteiger partial charge is 0.444 e. The zero-order valence-electron chi connectivity index (χ0n) is 15.5. The molecule has 23 heavy (non-hydrogen) atoms. The quantitative estimate of drug-likeness (QED) is 0.795. The van der Waals surface area contributed by atoms with Crippen molar-refractivity contribution < 1.29 is 9.53 Å². The highest BCUT2D eigenvalue weighted by Crippen LogP contribution is 2.30. The molecule has 0 aromatic heterocycles. The van der Waals surface area contributed by atoms with Crippen LogP contribution < -0.4 is 10.6 Å². The van der Waals surface area contributed by atoms with Gasteiger partial charge in [0.05, 0.1) is 0 Å². The lowest BCUT2D eigenvalue weighted by molar-refractivity contribution is 0.0516. The highest BCUT2D eigenvalue weighted by Gasteiger charge is 2.31. The van der Waals surface area contributed by atoms with Gasteiger partial charge in [-0.1, -0.05) is 25.7 Å². The third-order valence-electron chi connectivity index (χ3n) is 5.40. The number of hydrogen-bond donors (Lipinski definition) is 2. The van der Waals surface area contributed by atoms with Crippen LogP contribution in [-0.4, -0.2) is 30.3 Å². The van der Waals surface area contributed by atoms with Crippen LogP contribution in [0.3, 0.4) is 0 Å². The Morgan fingerprint density at radius 2 is 1.78 bits per heavy atom. The van der Waals surface area contributed by atoms with Crippen molar-refractivity contribution in [2.24, 2.45) is 11.8 Å². The third-order valence-corrected chi connectivity index (χ3v) is 5.40. The summed E-state index contributed by atoms with van der Waals surface area (Å²) >= 11 is 0. The number of carbonyl (C=O) groups is 1. The van der Waals surface area contributed by atoms with Crippen LogP contribution in [0, 0.1) is 11.8 Å². The number of nitrogens with one attached hydrogen (secondary N) is 2. The van der Waals surface area contributed by atoms with Crippen LogP contribution in [0.2, 0.25) is 0 Å². The summed E-state index contributed by atoms with van der Waals surface area (Å²) in [5.41, 5.74) is -0.424. The number of carbonyl (C=O) groups excluding carboxylic acids is 1.